The summed E-state index contributed by atoms with van der Waals surface area (Å²) in [6.45, 7) is 3.33. The summed E-state index contributed by atoms with van der Waals surface area (Å²) < 4.78 is 0. The standard InChI is InChI=1S/C43H72N12O15S3/c1-6-21(2)34(54-40(66)27(19-32(47)58)52-36(62)23(9-10-30(45)56)48-35(61)22(44)11-15-71-3)41(67)49-24(12-16-72-4)37(63)51-26(18-31(46)57)38(64)53-28(20-33(59)60)39(65)50-25(13-17-73-5)42(68)55-14-7-8-29(55)43(69)70/h21-29,34H,6-20,44H2,1-5H3,(H2,45,56)(H2,46,57)(H2,47,58)(H,48,61)(H,49,67)(H,50,65)(H,51,63)(H,52,62)(H,53,64)(H,54,66)(H,59,60)(H,69,70)/t21-,22-,23-,24-,25-,26-,27-,28-,29-,34-/m0/s1. The summed E-state index contributed by atoms with van der Waals surface area (Å²) in [4.78, 5) is 170. The van der Waals surface area contributed by atoms with E-state index in [2.05, 4.69) is 37.2 Å². The molecule has 1 fully saturated rings. The van der Waals surface area contributed by atoms with E-state index in [9.17, 15) is 72.5 Å². The minimum Gasteiger partial charge on any atom is -0.481 e. The van der Waals surface area contributed by atoms with Crippen molar-refractivity contribution in [1.82, 2.24) is 42.1 Å². The molecule has 11 amide bonds. The number of carboxylic acids is 2. The van der Waals surface area contributed by atoms with Gasteiger partial charge in [0.25, 0.3) is 0 Å². The van der Waals surface area contributed by atoms with Crippen molar-refractivity contribution >= 4 is 112 Å². The lowest BCUT2D eigenvalue weighted by Crippen LogP contribution is -2.61. The molecule has 0 aromatic heterocycles. The predicted octanol–water partition coefficient (Wildman–Crippen LogP) is -4.42. The van der Waals surface area contributed by atoms with Gasteiger partial charge in [-0.15, -0.1) is 0 Å². The van der Waals surface area contributed by atoms with E-state index in [-0.39, 0.29) is 57.2 Å². The van der Waals surface area contributed by atoms with E-state index < -0.39 is 156 Å². The number of primary amides is 3. The molecular formula is C43H72N12O15S3. The molecule has 0 aromatic rings. The van der Waals surface area contributed by atoms with Crippen LogP contribution in [0, 0.1) is 5.92 Å². The molecule has 0 aliphatic carbocycles. The Labute approximate surface area is 435 Å². The molecular weight excluding hydrogens is 1020 g/mol. The summed E-state index contributed by atoms with van der Waals surface area (Å²) in [5.41, 5.74) is 22.1. The van der Waals surface area contributed by atoms with Gasteiger partial charge in [-0.3, -0.25) is 57.5 Å². The highest BCUT2D eigenvalue weighted by molar-refractivity contribution is 7.98. The monoisotopic (exact) mass is 1090 g/mol. The van der Waals surface area contributed by atoms with Gasteiger partial charge in [0, 0.05) is 13.0 Å². The van der Waals surface area contributed by atoms with Gasteiger partial charge in [0.2, 0.25) is 65.0 Å². The minimum atomic E-state index is -1.90. The number of carbonyl (C=O) groups excluding carboxylic acids is 11. The topological polar surface area (TPSA) is 454 Å². The quantitative estimate of drug-likeness (QED) is 0.0282. The van der Waals surface area contributed by atoms with Crippen LogP contribution in [0.1, 0.15) is 84.5 Å². The first-order chi connectivity index (χ1) is 34.3. The van der Waals surface area contributed by atoms with Crippen LogP contribution in [-0.4, -0.2) is 189 Å². The number of rotatable bonds is 36. The summed E-state index contributed by atoms with van der Waals surface area (Å²) in [6.07, 6.45) is 2.72. The summed E-state index contributed by atoms with van der Waals surface area (Å²) in [7, 11) is 0. The highest BCUT2D eigenvalue weighted by Gasteiger charge is 2.40. The summed E-state index contributed by atoms with van der Waals surface area (Å²) in [6, 6.07) is -13.5. The fourth-order valence-corrected chi connectivity index (χ4v) is 8.64. The van der Waals surface area contributed by atoms with E-state index in [4.69, 9.17) is 22.9 Å². The van der Waals surface area contributed by atoms with Crippen LogP contribution in [0.3, 0.4) is 0 Å². The van der Waals surface area contributed by atoms with Crippen LogP contribution >= 0.6 is 35.3 Å². The fourth-order valence-electron chi connectivity index (χ4n) is 7.21. The van der Waals surface area contributed by atoms with E-state index >= 15 is 0 Å². The van der Waals surface area contributed by atoms with E-state index in [1.807, 2.05) is 0 Å². The fraction of sp³-hybridized carbons (Fsp3) is 0.698. The van der Waals surface area contributed by atoms with E-state index in [1.165, 1.54) is 35.3 Å². The normalized spacial score (nSPS) is 16.8. The molecule has 27 nitrogen and oxygen atoms in total. The number of likely N-dealkylation sites (tertiary alicyclic amines) is 1. The third kappa shape index (κ3) is 23.7. The molecule has 0 saturated carbocycles. The molecule has 0 spiro atoms. The number of thioether (sulfide) groups is 3. The number of hydrogen-bond acceptors (Lipinski definition) is 17. The Morgan fingerprint density at radius 3 is 1.41 bits per heavy atom. The third-order valence-electron chi connectivity index (χ3n) is 11.5. The van der Waals surface area contributed by atoms with Crippen LogP contribution in [0.5, 0.6) is 0 Å². The Hall–Kier alpha value is -5.88. The van der Waals surface area contributed by atoms with Crippen LogP contribution in [0.2, 0.25) is 0 Å². The molecule has 0 radical (unpaired) electrons. The minimum absolute atomic E-state index is 0.00760. The number of carbonyl (C=O) groups is 13. The van der Waals surface area contributed by atoms with Gasteiger partial charge in [-0.05, 0) is 80.5 Å². The Bertz CT molecular complexity index is 1990. The van der Waals surface area contributed by atoms with Gasteiger partial charge < -0.3 is 75.3 Å². The summed E-state index contributed by atoms with van der Waals surface area (Å²) in [5.74, 6) is -13.5. The van der Waals surface area contributed by atoms with Gasteiger partial charge in [-0.1, -0.05) is 20.3 Å². The van der Waals surface area contributed by atoms with Gasteiger partial charge in [0.1, 0.15) is 48.3 Å². The Balaban J connectivity index is 3.45. The number of nitrogens with one attached hydrogen (secondary N) is 7. The number of nitrogens with zero attached hydrogens (tertiary/aromatic N) is 1. The molecule has 10 atom stereocenters. The number of amides is 11. The largest absolute Gasteiger partial charge is 0.481 e. The number of hydrogen-bond donors (Lipinski definition) is 13. The summed E-state index contributed by atoms with van der Waals surface area (Å²) in [5, 5.41) is 36.0. The average molecular weight is 1090 g/mol. The van der Waals surface area contributed by atoms with Crippen molar-refractivity contribution in [1.29, 1.82) is 0 Å². The first kappa shape index (κ1) is 65.1. The van der Waals surface area contributed by atoms with Gasteiger partial charge in [-0.2, -0.15) is 35.3 Å². The maximum absolute atomic E-state index is 14.1. The van der Waals surface area contributed by atoms with Crippen LogP contribution in [-0.2, 0) is 62.3 Å². The molecule has 17 N–H and O–H groups in total. The smallest absolute Gasteiger partial charge is 0.326 e. The van der Waals surface area contributed by atoms with Crippen molar-refractivity contribution in [2.45, 2.75) is 139 Å². The zero-order valence-corrected chi connectivity index (χ0v) is 44.0. The highest BCUT2D eigenvalue weighted by Crippen LogP contribution is 2.20. The van der Waals surface area contributed by atoms with Crippen LogP contribution in [0.4, 0.5) is 0 Å². The van der Waals surface area contributed by atoms with Gasteiger partial charge in [0.05, 0.1) is 25.3 Å². The lowest BCUT2D eigenvalue weighted by Gasteiger charge is -2.30. The van der Waals surface area contributed by atoms with Crippen molar-refractivity contribution in [3.05, 3.63) is 0 Å². The molecule has 1 aliphatic rings. The third-order valence-corrected chi connectivity index (χ3v) is 13.4. The number of aliphatic carboxylic acids is 2. The molecule has 412 valence electrons. The van der Waals surface area contributed by atoms with E-state index in [0.717, 1.165) is 4.90 Å². The Kier molecular flexibility index (Phi) is 30.1. The molecule has 0 unspecified atom stereocenters. The van der Waals surface area contributed by atoms with E-state index in [1.54, 1.807) is 32.6 Å². The second kappa shape index (κ2) is 33.8. The zero-order chi connectivity index (χ0) is 55.5. The number of nitrogens with two attached hydrogens (primary N) is 4. The highest BCUT2D eigenvalue weighted by atomic mass is 32.2. The van der Waals surface area contributed by atoms with E-state index in [0.29, 0.717) is 17.9 Å². The van der Waals surface area contributed by atoms with Crippen molar-refractivity contribution in [3.8, 4) is 0 Å². The maximum Gasteiger partial charge on any atom is 0.326 e. The van der Waals surface area contributed by atoms with Crippen LogP contribution in [0.15, 0.2) is 0 Å². The number of carboxylic acid groups (broad SMARTS) is 2. The van der Waals surface area contributed by atoms with Gasteiger partial charge in [0.15, 0.2) is 0 Å². The molecule has 1 heterocycles. The molecule has 1 rings (SSSR count). The van der Waals surface area contributed by atoms with Crippen molar-refractivity contribution in [2.24, 2.45) is 28.9 Å². The van der Waals surface area contributed by atoms with Crippen molar-refractivity contribution in [3.63, 3.8) is 0 Å². The molecule has 0 aromatic carbocycles. The molecule has 1 saturated heterocycles. The second-order valence-electron chi connectivity index (χ2n) is 17.2. The SMILES string of the molecule is CC[C@H](C)[C@H](NC(=O)[C@H](CC(N)=O)NC(=O)[C@H](CCC(N)=O)NC(=O)[C@@H](N)CCSC)C(=O)N[C@@H](CCSC)C(=O)N[C@@H](CC(N)=O)C(=O)N[C@@H](CC(=O)O)C(=O)N[C@@H](CCSC)C(=O)N1CCC[C@H]1C(=O)O. The predicted molar refractivity (Wildman–Crippen MR) is 271 cm³/mol. The van der Waals surface area contributed by atoms with Crippen molar-refractivity contribution < 1.29 is 72.5 Å². The second-order valence-corrected chi connectivity index (χ2v) is 20.1. The van der Waals surface area contributed by atoms with Gasteiger partial charge >= 0.3 is 11.9 Å². The Morgan fingerprint density at radius 2 is 0.959 bits per heavy atom. The van der Waals surface area contributed by atoms with Crippen LogP contribution in [0.25, 0.3) is 0 Å². The lowest BCUT2D eigenvalue weighted by molar-refractivity contribution is -0.149. The van der Waals surface area contributed by atoms with Gasteiger partial charge in [-0.25, -0.2) is 4.79 Å². The first-order valence-electron chi connectivity index (χ1n) is 23.3. The first-order valence-corrected chi connectivity index (χ1v) is 27.4. The lowest BCUT2D eigenvalue weighted by atomic mass is 9.97. The average Bonchev–Trinajstić information content (AvgIpc) is 3.82. The molecule has 73 heavy (non-hydrogen) atoms. The zero-order valence-electron chi connectivity index (χ0n) is 41.6. The van der Waals surface area contributed by atoms with Crippen molar-refractivity contribution in [2.75, 3.05) is 42.6 Å². The molecule has 30 heteroatoms. The Morgan fingerprint density at radius 1 is 0.548 bits per heavy atom. The molecule has 1 aliphatic heterocycles. The molecule has 0 bridgehead atoms. The maximum atomic E-state index is 14.1. The summed E-state index contributed by atoms with van der Waals surface area (Å²) >= 11 is 3.99. The van der Waals surface area contributed by atoms with Crippen LogP contribution < -0.4 is 60.2 Å².